The van der Waals surface area contributed by atoms with Crippen LogP contribution in [0.25, 0.3) is 0 Å². The van der Waals surface area contributed by atoms with Crippen LogP contribution in [-0.4, -0.2) is 46.8 Å². The molecule has 0 bridgehead atoms. The molecule has 1 fully saturated rings. The van der Waals surface area contributed by atoms with Crippen molar-refractivity contribution in [2.75, 3.05) is 19.0 Å². The Hall–Kier alpha value is -0.643. The van der Waals surface area contributed by atoms with Crippen molar-refractivity contribution in [1.29, 1.82) is 0 Å². The standard InChI is InChI=1S/C13H27NO6SSi/c1-13(2,3)22(4,5)18-11-21(16,17)20-19-12(15)14-9-7-6-8-10-14/h6-11H2,1-5H3. The third-order valence-electron chi connectivity index (χ3n) is 4.19. The van der Waals surface area contributed by atoms with Crippen molar-refractivity contribution in [2.45, 2.75) is 58.2 Å². The number of nitrogens with zero attached hydrogens (tertiary/aromatic N) is 1. The smallest absolute Gasteiger partial charge is 0.401 e. The summed E-state index contributed by atoms with van der Waals surface area (Å²) in [5.41, 5.74) is 0. The van der Waals surface area contributed by atoms with E-state index in [0.717, 1.165) is 19.3 Å². The Labute approximate surface area is 134 Å². The fraction of sp³-hybridized carbons (Fsp3) is 0.923. The monoisotopic (exact) mass is 353 g/mol. The molecule has 22 heavy (non-hydrogen) atoms. The van der Waals surface area contributed by atoms with Gasteiger partial charge in [-0.1, -0.05) is 20.8 Å². The topological polar surface area (TPSA) is 82.1 Å². The highest BCUT2D eigenvalue weighted by Gasteiger charge is 2.38. The van der Waals surface area contributed by atoms with Crippen LogP contribution in [0.4, 0.5) is 4.79 Å². The zero-order chi connectivity index (χ0) is 17.0. The van der Waals surface area contributed by atoms with Crippen molar-refractivity contribution in [3.63, 3.8) is 0 Å². The number of hydrogen-bond acceptors (Lipinski definition) is 6. The summed E-state index contributed by atoms with van der Waals surface area (Å²) in [7, 11) is -6.28. The fourth-order valence-electron chi connectivity index (χ4n) is 1.67. The zero-order valence-electron chi connectivity index (χ0n) is 14.0. The molecule has 7 nitrogen and oxygen atoms in total. The summed E-state index contributed by atoms with van der Waals surface area (Å²) < 4.78 is 33.4. The molecule has 130 valence electrons. The summed E-state index contributed by atoms with van der Waals surface area (Å²) in [5, 5.41) is -0.118. The minimum Gasteiger partial charge on any atom is -0.401 e. The molecule has 1 amide bonds. The summed E-state index contributed by atoms with van der Waals surface area (Å²) in [6.45, 7) is 11.0. The molecule has 0 aliphatic carbocycles. The van der Waals surface area contributed by atoms with Crippen molar-refractivity contribution >= 4 is 24.5 Å². The second-order valence-electron chi connectivity index (χ2n) is 7.05. The SMILES string of the molecule is CC(C)(C)[Si](C)(C)OCS(=O)(=O)OOC(=O)N1CCCCC1. The van der Waals surface area contributed by atoms with E-state index in [4.69, 9.17) is 4.43 Å². The maximum absolute atomic E-state index is 11.8. The largest absolute Gasteiger partial charge is 0.442 e. The number of hydrogen-bond donors (Lipinski definition) is 0. The van der Waals surface area contributed by atoms with Crippen LogP contribution in [0.3, 0.4) is 0 Å². The van der Waals surface area contributed by atoms with E-state index in [-0.39, 0.29) is 5.04 Å². The van der Waals surface area contributed by atoms with Gasteiger partial charge in [0.05, 0.1) is 0 Å². The van der Waals surface area contributed by atoms with Gasteiger partial charge in [0.15, 0.2) is 14.3 Å². The molecule has 0 aromatic heterocycles. The number of carbonyl (C=O) groups excluding carboxylic acids is 1. The Bertz CT molecular complexity index is 479. The van der Waals surface area contributed by atoms with E-state index in [0.29, 0.717) is 13.1 Å². The first-order valence-corrected chi connectivity index (χ1v) is 11.9. The highest BCUT2D eigenvalue weighted by Crippen LogP contribution is 2.36. The minimum absolute atomic E-state index is 0.118. The lowest BCUT2D eigenvalue weighted by Gasteiger charge is -2.35. The first kappa shape index (κ1) is 19.4. The van der Waals surface area contributed by atoms with Crippen LogP contribution in [0.1, 0.15) is 40.0 Å². The van der Waals surface area contributed by atoms with Crippen LogP contribution < -0.4 is 0 Å². The van der Waals surface area contributed by atoms with E-state index < -0.39 is 30.5 Å². The van der Waals surface area contributed by atoms with Gasteiger partial charge >= 0.3 is 16.2 Å². The van der Waals surface area contributed by atoms with E-state index in [1.807, 2.05) is 33.9 Å². The number of amides is 1. The van der Waals surface area contributed by atoms with Gasteiger partial charge in [0.2, 0.25) is 0 Å². The van der Waals surface area contributed by atoms with Crippen molar-refractivity contribution < 1.29 is 26.9 Å². The molecule has 0 spiro atoms. The first-order chi connectivity index (χ1) is 9.95. The second kappa shape index (κ2) is 7.29. The van der Waals surface area contributed by atoms with E-state index in [1.165, 1.54) is 4.90 Å². The van der Waals surface area contributed by atoms with E-state index >= 15 is 0 Å². The Morgan fingerprint density at radius 1 is 1.14 bits per heavy atom. The third kappa shape index (κ3) is 5.86. The van der Waals surface area contributed by atoms with Crippen LogP contribution in [-0.2, 0) is 23.8 Å². The average molecular weight is 354 g/mol. The number of likely N-dealkylation sites (tertiary alicyclic amines) is 1. The Kier molecular flexibility index (Phi) is 6.43. The Balaban J connectivity index is 2.45. The Morgan fingerprint density at radius 2 is 1.68 bits per heavy atom. The second-order valence-corrected chi connectivity index (χ2v) is 13.3. The van der Waals surface area contributed by atoms with E-state index in [9.17, 15) is 13.2 Å². The molecule has 0 saturated carbocycles. The highest BCUT2D eigenvalue weighted by molar-refractivity contribution is 7.86. The van der Waals surface area contributed by atoms with Crippen molar-refractivity contribution in [3.8, 4) is 0 Å². The summed E-state index contributed by atoms with van der Waals surface area (Å²) in [5.74, 6) is -0.614. The molecule has 1 saturated heterocycles. The molecule has 0 N–H and O–H groups in total. The molecule has 0 atom stereocenters. The molecule has 9 heteroatoms. The molecule has 0 radical (unpaired) electrons. The lowest BCUT2D eigenvalue weighted by atomic mass is 10.1. The average Bonchev–Trinajstić information content (AvgIpc) is 2.43. The zero-order valence-corrected chi connectivity index (χ0v) is 15.9. The summed E-state index contributed by atoms with van der Waals surface area (Å²) in [4.78, 5) is 17.6. The maximum Gasteiger partial charge on any atom is 0.442 e. The van der Waals surface area contributed by atoms with E-state index in [1.54, 1.807) is 0 Å². The molecule has 1 heterocycles. The lowest BCUT2D eigenvalue weighted by molar-refractivity contribution is -0.150. The van der Waals surface area contributed by atoms with Crippen LogP contribution in [0.2, 0.25) is 18.1 Å². The van der Waals surface area contributed by atoms with Crippen LogP contribution >= 0.6 is 0 Å². The van der Waals surface area contributed by atoms with Gasteiger partial charge in [0.25, 0.3) is 0 Å². The predicted molar refractivity (Wildman–Crippen MR) is 85.1 cm³/mol. The van der Waals surface area contributed by atoms with Gasteiger partial charge in [0, 0.05) is 13.1 Å². The van der Waals surface area contributed by atoms with Crippen LogP contribution in [0.5, 0.6) is 0 Å². The minimum atomic E-state index is -4.07. The maximum atomic E-state index is 11.8. The number of carbonyl (C=O) groups is 1. The van der Waals surface area contributed by atoms with Crippen molar-refractivity contribution in [2.24, 2.45) is 0 Å². The lowest BCUT2D eigenvalue weighted by Crippen LogP contribution is -2.42. The van der Waals surface area contributed by atoms with Crippen LogP contribution in [0, 0.1) is 0 Å². The van der Waals surface area contributed by atoms with Gasteiger partial charge in [-0.3, -0.25) is 4.89 Å². The summed E-state index contributed by atoms with van der Waals surface area (Å²) in [6.07, 6.45) is 2.06. The van der Waals surface area contributed by atoms with Gasteiger partial charge < -0.3 is 9.33 Å². The first-order valence-electron chi connectivity index (χ1n) is 7.46. The van der Waals surface area contributed by atoms with Crippen molar-refractivity contribution in [3.05, 3.63) is 0 Å². The van der Waals surface area contributed by atoms with Crippen molar-refractivity contribution in [1.82, 2.24) is 4.90 Å². The molecular formula is C13H27NO6SSi. The van der Waals surface area contributed by atoms with Gasteiger partial charge in [-0.25, -0.2) is 4.79 Å². The number of rotatable bonds is 5. The van der Waals surface area contributed by atoms with E-state index in [2.05, 4.69) is 9.22 Å². The third-order valence-corrected chi connectivity index (χ3v) is 9.56. The normalized spacial score (nSPS) is 17.4. The van der Waals surface area contributed by atoms with Crippen LogP contribution in [0.15, 0.2) is 0 Å². The summed E-state index contributed by atoms with van der Waals surface area (Å²) >= 11 is 0. The molecular weight excluding hydrogens is 326 g/mol. The molecule has 1 aliphatic heterocycles. The molecule has 0 aromatic rings. The molecule has 0 unspecified atom stereocenters. The molecule has 1 rings (SSSR count). The molecule has 0 aromatic carbocycles. The molecule has 1 aliphatic rings. The summed E-state index contributed by atoms with van der Waals surface area (Å²) in [6, 6.07) is 0. The van der Waals surface area contributed by atoms with Gasteiger partial charge in [-0.2, -0.15) is 8.42 Å². The predicted octanol–water partition coefficient (Wildman–Crippen LogP) is 2.85. The Morgan fingerprint density at radius 3 is 2.18 bits per heavy atom. The highest BCUT2D eigenvalue weighted by atomic mass is 32.2. The fourth-order valence-corrected chi connectivity index (χ4v) is 4.06. The number of piperidine rings is 1. The quantitative estimate of drug-likeness (QED) is 0.429. The van der Waals surface area contributed by atoms with Gasteiger partial charge in [-0.15, -0.1) is 0 Å². The van der Waals surface area contributed by atoms with Gasteiger partial charge in [0.1, 0.15) is 0 Å². The van der Waals surface area contributed by atoms with Gasteiger partial charge in [-0.05, 0) is 41.7 Å².